The number of hydrogen-bond donors (Lipinski definition) is 0. The molecule has 25 heavy (non-hydrogen) atoms. The highest BCUT2D eigenvalue weighted by Crippen LogP contribution is 2.35. The molecule has 0 bridgehead atoms. The molecule has 1 amide bonds. The van der Waals surface area contributed by atoms with Crippen LogP contribution in [0.15, 0.2) is 18.5 Å². The van der Waals surface area contributed by atoms with Crippen LogP contribution in [0.4, 0.5) is 5.95 Å². The molecular weight excluding hydrogens is 320 g/mol. The van der Waals surface area contributed by atoms with Crippen molar-refractivity contribution >= 4 is 11.9 Å². The molecule has 0 unspecified atom stereocenters. The Hall–Kier alpha value is -1.73. The van der Waals surface area contributed by atoms with Crippen LogP contribution in [0.25, 0.3) is 0 Å². The lowest BCUT2D eigenvalue weighted by atomic mass is 10.1. The van der Waals surface area contributed by atoms with Crippen molar-refractivity contribution in [1.29, 1.82) is 0 Å². The molecule has 1 saturated carbocycles. The zero-order valence-corrected chi connectivity index (χ0v) is 14.5. The first kappa shape index (κ1) is 16.7. The lowest BCUT2D eigenvalue weighted by molar-refractivity contribution is -0.135. The lowest BCUT2D eigenvalue weighted by Crippen LogP contribution is -2.49. The van der Waals surface area contributed by atoms with E-state index in [-0.39, 0.29) is 18.6 Å². The smallest absolute Gasteiger partial charge is 0.248 e. The maximum absolute atomic E-state index is 12.1. The van der Waals surface area contributed by atoms with E-state index >= 15 is 0 Å². The average molecular weight is 346 g/mol. The number of carbonyl (C=O) groups excluding carboxylic acids is 1. The molecule has 0 radical (unpaired) electrons. The number of amides is 1. The number of hydrogen-bond acceptors (Lipinski definition) is 6. The Kier molecular flexibility index (Phi) is 5.12. The van der Waals surface area contributed by atoms with Crippen molar-refractivity contribution in [3.05, 3.63) is 18.5 Å². The van der Waals surface area contributed by atoms with Crippen LogP contribution in [0.2, 0.25) is 0 Å². The molecule has 1 aliphatic carbocycles. The summed E-state index contributed by atoms with van der Waals surface area (Å²) in [4.78, 5) is 25.0. The van der Waals surface area contributed by atoms with Gasteiger partial charge in [0, 0.05) is 32.0 Å². The highest BCUT2D eigenvalue weighted by atomic mass is 16.5. The van der Waals surface area contributed by atoms with Gasteiger partial charge in [-0.2, -0.15) is 0 Å². The van der Waals surface area contributed by atoms with Crippen molar-refractivity contribution in [2.45, 2.75) is 37.8 Å². The number of aromatic nitrogens is 2. The van der Waals surface area contributed by atoms with Crippen LogP contribution in [0.1, 0.15) is 25.7 Å². The Morgan fingerprint density at radius 1 is 1.20 bits per heavy atom. The summed E-state index contributed by atoms with van der Waals surface area (Å²) in [7, 11) is 0. The van der Waals surface area contributed by atoms with Crippen LogP contribution in [-0.4, -0.2) is 72.4 Å². The summed E-state index contributed by atoms with van der Waals surface area (Å²) in [5.41, 5.74) is 0. The van der Waals surface area contributed by atoms with Gasteiger partial charge in [-0.25, -0.2) is 9.97 Å². The van der Waals surface area contributed by atoms with Crippen LogP contribution in [0.3, 0.4) is 0 Å². The third-order valence-corrected chi connectivity index (χ3v) is 5.48. The Labute approximate surface area is 148 Å². The summed E-state index contributed by atoms with van der Waals surface area (Å²) in [5.74, 6) is 1.33. The van der Waals surface area contributed by atoms with Crippen molar-refractivity contribution in [1.82, 2.24) is 14.9 Å². The van der Waals surface area contributed by atoms with Crippen LogP contribution in [-0.2, 0) is 14.3 Å². The van der Waals surface area contributed by atoms with Gasteiger partial charge in [-0.1, -0.05) is 0 Å². The molecule has 7 nitrogen and oxygen atoms in total. The second-order valence-corrected chi connectivity index (χ2v) is 7.16. The first-order valence-corrected chi connectivity index (χ1v) is 9.32. The van der Waals surface area contributed by atoms with Gasteiger partial charge in [0.1, 0.15) is 6.61 Å². The SMILES string of the molecule is O=C(COC[C@@H]1C[C@@H]2OCCN(c3ncccn3)[C@@H]2C1)N1CCCC1. The molecule has 7 heteroatoms. The molecule has 0 spiro atoms. The van der Waals surface area contributed by atoms with E-state index in [1.807, 2.05) is 11.0 Å². The fourth-order valence-corrected chi connectivity index (χ4v) is 4.25. The number of likely N-dealkylation sites (tertiary alicyclic amines) is 1. The van der Waals surface area contributed by atoms with E-state index in [4.69, 9.17) is 9.47 Å². The van der Waals surface area contributed by atoms with E-state index in [9.17, 15) is 4.79 Å². The van der Waals surface area contributed by atoms with Crippen LogP contribution in [0.5, 0.6) is 0 Å². The molecule has 2 saturated heterocycles. The third kappa shape index (κ3) is 3.77. The molecule has 0 aromatic carbocycles. The monoisotopic (exact) mass is 346 g/mol. The molecule has 3 fully saturated rings. The number of carbonyl (C=O) groups is 1. The third-order valence-electron chi connectivity index (χ3n) is 5.48. The molecule has 3 atom stereocenters. The van der Waals surface area contributed by atoms with Crippen LogP contribution >= 0.6 is 0 Å². The number of morpholine rings is 1. The average Bonchev–Trinajstić information content (AvgIpc) is 3.31. The molecule has 2 aliphatic heterocycles. The molecule has 1 aromatic rings. The van der Waals surface area contributed by atoms with Crippen molar-refractivity contribution in [3.63, 3.8) is 0 Å². The van der Waals surface area contributed by atoms with E-state index in [0.29, 0.717) is 25.2 Å². The van der Waals surface area contributed by atoms with E-state index < -0.39 is 0 Å². The van der Waals surface area contributed by atoms with Gasteiger partial charge in [-0.3, -0.25) is 4.79 Å². The summed E-state index contributed by atoms with van der Waals surface area (Å²) >= 11 is 0. The van der Waals surface area contributed by atoms with Crippen molar-refractivity contribution in [2.75, 3.05) is 44.4 Å². The molecule has 1 aromatic heterocycles. The predicted molar refractivity (Wildman–Crippen MR) is 92.3 cm³/mol. The number of nitrogens with zero attached hydrogens (tertiary/aromatic N) is 4. The number of ether oxygens (including phenoxy) is 2. The standard InChI is InChI=1S/C18H26N4O3/c23-17(21-6-1-2-7-21)13-24-12-14-10-15-16(11-14)25-9-8-22(15)18-19-4-3-5-20-18/h3-5,14-16H,1-2,6-13H2/t14-,15+,16-/m0/s1. The molecule has 136 valence electrons. The number of fused-ring (bicyclic) bond motifs is 1. The van der Waals surface area contributed by atoms with Gasteiger partial charge in [0.25, 0.3) is 0 Å². The minimum Gasteiger partial charge on any atom is -0.374 e. The first-order valence-electron chi connectivity index (χ1n) is 9.32. The Morgan fingerprint density at radius 3 is 2.80 bits per heavy atom. The Morgan fingerprint density at radius 2 is 2.00 bits per heavy atom. The fourth-order valence-electron chi connectivity index (χ4n) is 4.25. The summed E-state index contributed by atoms with van der Waals surface area (Å²) in [6.07, 6.45) is 7.99. The van der Waals surface area contributed by atoms with E-state index in [2.05, 4.69) is 14.9 Å². The highest BCUT2D eigenvalue weighted by molar-refractivity contribution is 5.77. The van der Waals surface area contributed by atoms with E-state index in [0.717, 1.165) is 51.3 Å². The first-order chi connectivity index (χ1) is 12.3. The minimum atomic E-state index is 0.128. The van der Waals surface area contributed by atoms with Gasteiger partial charge >= 0.3 is 0 Å². The van der Waals surface area contributed by atoms with Gasteiger partial charge in [-0.15, -0.1) is 0 Å². The maximum atomic E-state index is 12.1. The van der Waals surface area contributed by atoms with Crippen LogP contribution in [0, 0.1) is 5.92 Å². The van der Waals surface area contributed by atoms with Gasteiger partial charge < -0.3 is 19.3 Å². The Balaban J connectivity index is 1.28. The summed E-state index contributed by atoms with van der Waals surface area (Å²) in [6.45, 7) is 4.13. The van der Waals surface area contributed by atoms with Crippen molar-refractivity contribution < 1.29 is 14.3 Å². The largest absolute Gasteiger partial charge is 0.374 e. The summed E-state index contributed by atoms with van der Waals surface area (Å²) < 4.78 is 11.7. The second kappa shape index (κ2) is 7.66. The summed E-state index contributed by atoms with van der Waals surface area (Å²) in [6, 6.07) is 2.14. The zero-order chi connectivity index (χ0) is 17.1. The molecule has 0 N–H and O–H groups in total. The number of anilines is 1. The lowest BCUT2D eigenvalue weighted by Gasteiger charge is -2.37. The topological polar surface area (TPSA) is 67.8 Å². The van der Waals surface area contributed by atoms with Crippen LogP contribution < -0.4 is 4.90 Å². The molecule has 3 heterocycles. The fraction of sp³-hybridized carbons (Fsp3) is 0.722. The second-order valence-electron chi connectivity index (χ2n) is 7.16. The van der Waals surface area contributed by atoms with E-state index in [1.165, 1.54) is 0 Å². The molecule has 3 aliphatic rings. The zero-order valence-electron chi connectivity index (χ0n) is 14.5. The van der Waals surface area contributed by atoms with Gasteiger partial charge in [0.05, 0.1) is 25.4 Å². The van der Waals surface area contributed by atoms with E-state index in [1.54, 1.807) is 12.4 Å². The maximum Gasteiger partial charge on any atom is 0.248 e. The Bertz CT molecular complexity index is 579. The predicted octanol–water partition coefficient (Wildman–Crippen LogP) is 1.10. The van der Waals surface area contributed by atoms with Gasteiger partial charge in [0.2, 0.25) is 11.9 Å². The quantitative estimate of drug-likeness (QED) is 0.795. The molecular formula is C18H26N4O3. The minimum absolute atomic E-state index is 0.128. The van der Waals surface area contributed by atoms with Gasteiger partial charge in [0.15, 0.2) is 0 Å². The highest BCUT2D eigenvalue weighted by Gasteiger charge is 2.42. The van der Waals surface area contributed by atoms with Crippen molar-refractivity contribution in [3.8, 4) is 0 Å². The molecule has 4 rings (SSSR count). The number of rotatable bonds is 5. The summed E-state index contributed by atoms with van der Waals surface area (Å²) in [5, 5.41) is 0. The van der Waals surface area contributed by atoms with Crippen molar-refractivity contribution in [2.24, 2.45) is 5.92 Å². The van der Waals surface area contributed by atoms with Gasteiger partial charge in [-0.05, 0) is 37.7 Å². The normalized spacial score (nSPS) is 29.0.